The number of aryl methyl sites for hydroxylation is 1. The first-order chi connectivity index (χ1) is 10.2. The van der Waals surface area contributed by atoms with Crippen LogP contribution in [0.25, 0.3) is 0 Å². The zero-order valence-electron chi connectivity index (χ0n) is 12.0. The molecule has 0 bridgehead atoms. The molecule has 0 amide bonds. The lowest BCUT2D eigenvalue weighted by Gasteiger charge is -2.07. The Balaban J connectivity index is 1.90. The minimum Gasteiger partial charge on any atom is -0.496 e. The Morgan fingerprint density at radius 2 is 1.95 bits per heavy atom. The molecule has 0 heterocycles. The molecule has 0 aliphatic heterocycles. The van der Waals surface area contributed by atoms with Crippen molar-refractivity contribution in [2.75, 3.05) is 12.4 Å². The average Bonchev–Trinajstić information content (AvgIpc) is 2.48. The zero-order chi connectivity index (χ0) is 15.1. The lowest BCUT2D eigenvalue weighted by molar-refractivity contribution is 0.411. The molecule has 2 aromatic rings. The first-order valence-electron chi connectivity index (χ1n) is 6.49. The summed E-state index contributed by atoms with van der Waals surface area (Å²) in [5, 5.41) is 7.61. The van der Waals surface area contributed by atoms with Gasteiger partial charge in [-0.1, -0.05) is 18.2 Å². The number of anilines is 1. The van der Waals surface area contributed by atoms with E-state index < -0.39 is 0 Å². The van der Waals surface area contributed by atoms with Crippen molar-refractivity contribution >= 4 is 29.2 Å². The number of nitrogens with zero attached hydrogens (tertiary/aromatic N) is 1. The van der Waals surface area contributed by atoms with Crippen LogP contribution in [0.4, 0.5) is 5.69 Å². The van der Waals surface area contributed by atoms with Gasteiger partial charge in [0.15, 0.2) is 5.11 Å². The summed E-state index contributed by atoms with van der Waals surface area (Å²) in [7, 11) is 1.66. The second kappa shape index (κ2) is 7.40. The molecule has 0 radical (unpaired) electrons. The molecule has 5 heteroatoms. The summed E-state index contributed by atoms with van der Waals surface area (Å²) in [6, 6.07) is 15.5. The van der Waals surface area contributed by atoms with Gasteiger partial charge in [0.1, 0.15) is 5.75 Å². The van der Waals surface area contributed by atoms with Crippen LogP contribution in [0.15, 0.2) is 53.6 Å². The van der Waals surface area contributed by atoms with Crippen LogP contribution in [0.1, 0.15) is 11.1 Å². The van der Waals surface area contributed by atoms with E-state index in [0.717, 1.165) is 22.6 Å². The monoisotopic (exact) mass is 299 g/mol. The maximum absolute atomic E-state index is 5.22. The number of benzene rings is 2. The van der Waals surface area contributed by atoms with Crippen LogP contribution in [0, 0.1) is 6.92 Å². The fourth-order valence-corrected chi connectivity index (χ4v) is 2.00. The number of hydrazone groups is 1. The van der Waals surface area contributed by atoms with Crippen molar-refractivity contribution in [1.82, 2.24) is 5.43 Å². The molecule has 108 valence electrons. The highest BCUT2D eigenvalue weighted by atomic mass is 32.1. The van der Waals surface area contributed by atoms with E-state index in [0.29, 0.717) is 5.11 Å². The van der Waals surface area contributed by atoms with Gasteiger partial charge in [0.2, 0.25) is 0 Å². The van der Waals surface area contributed by atoms with Crippen LogP contribution >= 0.6 is 12.2 Å². The molecule has 0 aromatic heterocycles. The third kappa shape index (κ3) is 4.57. The molecule has 0 atom stereocenters. The number of rotatable bonds is 4. The molecule has 2 aromatic carbocycles. The predicted molar refractivity (Wildman–Crippen MR) is 91.1 cm³/mol. The smallest absolute Gasteiger partial charge is 0.191 e. The van der Waals surface area contributed by atoms with Crippen LogP contribution in [0.2, 0.25) is 0 Å². The van der Waals surface area contributed by atoms with Crippen molar-refractivity contribution in [2.45, 2.75) is 6.92 Å². The summed E-state index contributed by atoms with van der Waals surface area (Å²) in [6.45, 7) is 1.99. The van der Waals surface area contributed by atoms with E-state index in [1.165, 1.54) is 0 Å². The Morgan fingerprint density at radius 3 is 2.62 bits per heavy atom. The highest BCUT2D eigenvalue weighted by Crippen LogP contribution is 2.17. The molecular weight excluding hydrogens is 282 g/mol. The van der Waals surface area contributed by atoms with Crippen molar-refractivity contribution in [1.29, 1.82) is 0 Å². The fourth-order valence-electron chi connectivity index (χ4n) is 1.83. The van der Waals surface area contributed by atoms with Crippen molar-refractivity contribution in [3.8, 4) is 5.75 Å². The number of thiocarbonyl (C=S) groups is 1. The number of ether oxygens (including phenoxy) is 1. The first kappa shape index (κ1) is 15.0. The summed E-state index contributed by atoms with van der Waals surface area (Å²) < 4.78 is 5.22. The van der Waals surface area contributed by atoms with Crippen LogP contribution in [-0.4, -0.2) is 18.4 Å². The first-order valence-corrected chi connectivity index (χ1v) is 6.89. The van der Waals surface area contributed by atoms with Crippen molar-refractivity contribution in [2.24, 2.45) is 5.10 Å². The van der Waals surface area contributed by atoms with E-state index in [4.69, 9.17) is 17.0 Å². The Morgan fingerprint density at radius 1 is 1.19 bits per heavy atom. The zero-order valence-corrected chi connectivity index (χ0v) is 12.8. The van der Waals surface area contributed by atoms with E-state index in [2.05, 4.69) is 15.8 Å². The Hall–Kier alpha value is -2.40. The summed E-state index contributed by atoms with van der Waals surface area (Å²) in [4.78, 5) is 0. The van der Waals surface area contributed by atoms with Gasteiger partial charge in [0.25, 0.3) is 0 Å². The Kier molecular flexibility index (Phi) is 5.29. The molecule has 0 unspecified atom stereocenters. The van der Waals surface area contributed by atoms with Crippen LogP contribution in [-0.2, 0) is 0 Å². The normalized spacial score (nSPS) is 10.4. The largest absolute Gasteiger partial charge is 0.496 e. The highest BCUT2D eigenvalue weighted by molar-refractivity contribution is 7.80. The van der Waals surface area contributed by atoms with Gasteiger partial charge in [0, 0.05) is 5.69 Å². The van der Waals surface area contributed by atoms with Crippen LogP contribution < -0.4 is 15.5 Å². The number of hydrogen-bond donors (Lipinski definition) is 2. The Labute approximate surface area is 129 Å². The van der Waals surface area contributed by atoms with E-state index in [9.17, 15) is 0 Å². The number of methoxy groups -OCH3 is 1. The maximum Gasteiger partial charge on any atom is 0.191 e. The molecule has 0 saturated carbocycles. The van der Waals surface area contributed by atoms with Crippen molar-refractivity contribution in [3.63, 3.8) is 0 Å². The molecule has 21 heavy (non-hydrogen) atoms. The molecule has 0 fully saturated rings. The van der Waals surface area contributed by atoms with Gasteiger partial charge in [-0.05, 0) is 60.6 Å². The van der Waals surface area contributed by atoms with Gasteiger partial charge < -0.3 is 10.1 Å². The number of hydrogen-bond acceptors (Lipinski definition) is 3. The van der Waals surface area contributed by atoms with E-state index >= 15 is 0 Å². The second-order valence-electron chi connectivity index (χ2n) is 4.42. The molecule has 2 N–H and O–H groups in total. The van der Waals surface area contributed by atoms with Gasteiger partial charge in [-0.25, -0.2) is 0 Å². The van der Waals surface area contributed by atoms with Crippen molar-refractivity contribution < 1.29 is 4.74 Å². The van der Waals surface area contributed by atoms with Crippen LogP contribution in [0.3, 0.4) is 0 Å². The maximum atomic E-state index is 5.22. The number of para-hydroxylation sites is 1. The number of nitrogens with one attached hydrogen (secondary N) is 2. The second-order valence-corrected chi connectivity index (χ2v) is 4.83. The summed E-state index contributed by atoms with van der Waals surface area (Å²) in [5.74, 6) is 0.862. The predicted octanol–water partition coefficient (Wildman–Crippen LogP) is 3.32. The lowest BCUT2D eigenvalue weighted by atomic mass is 10.1. The Bertz CT molecular complexity index is 641. The van der Waals surface area contributed by atoms with Gasteiger partial charge in [-0.3, -0.25) is 5.43 Å². The summed E-state index contributed by atoms with van der Waals surface area (Å²) in [5.41, 5.74) is 5.74. The molecule has 0 spiro atoms. The quantitative estimate of drug-likeness (QED) is 0.516. The molecule has 0 aliphatic rings. The summed E-state index contributed by atoms with van der Waals surface area (Å²) >= 11 is 5.16. The van der Waals surface area contributed by atoms with E-state index in [1.807, 2.05) is 55.5 Å². The molecule has 0 aliphatic carbocycles. The fraction of sp³-hybridized carbons (Fsp3) is 0.125. The van der Waals surface area contributed by atoms with E-state index in [1.54, 1.807) is 13.3 Å². The van der Waals surface area contributed by atoms with Gasteiger partial charge in [0.05, 0.1) is 13.3 Å². The average molecular weight is 299 g/mol. The minimum absolute atomic E-state index is 0.447. The molecule has 2 rings (SSSR count). The minimum atomic E-state index is 0.447. The standard InChI is InChI=1S/C16H17N3OS/c1-12-10-13(8-9-15(12)20-2)11-17-19-16(21)18-14-6-4-3-5-7-14/h3-11H,1-2H3,(H2,18,19,21)/b17-11+. The van der Waals surface area contributed by atoms with Crippen LogP contribution in [0.5, 0.6) is 5.75 Å². The highest BCUT2D eigenvalue weighted by Gasteiger charge is 1.98. The molecular formula is C16H17N3OS. The van der Waals surface area contributed by atoms with Gasteiger partial charge >= 0.3 is 0 Å². The lowest BCUT2D eigenvalue weighted by Crippen LogP contribution is -2.23. The van der Waals surface area contributed by atoms with Gasteiger partial charge in [-0.15, -0.1) is 0 Å². The SMILES string of the molecule is COc1ccc(/C=N/NC(=S)Nc2ccccc2)cc1C. The third-order valence-electron chi connectivity index (χ3n) is 2.83. The third-order valence-corrected chi connectivity index (χ3v) is 3.02. The molecule has 0 saturated heterocycles. The van der Waals surface area contributed by atoms with Crippen molar-refractivity contribution in [3.05, 3.63) is 59.7 Å². The van der Waals surface area contributed by atoms with Gasteiger partial charge in [-0.2, -0.15) is 5.10 Å². The molecule has 4 nitrogen and oxygen atoms in total. The van der Waals surface area contributed by atoms with E-state index in [-0.39, 0.29) is 0 Å². The summed E-state index contributed by atoms with van der Waals surface area (Å²) in [6.07, 6.45) is 1.71. The topological polar surface area (TPSA) is 45.6 Å².